The predicted molar refractivity (Wildman–Crippen MR) is 157 cm³/mol. The van der Waals surface area contributed by atoms with Crippen LogP contribution in [0.1, 0.15) is 112 Å². The Morgan fingerprint density at radius 2 is 1.59 bits per heavy atom. The number of carbonyl (C=O) groups excluding carboxylic acids is 3. The quantitative estimate of drug-likeness (QED) is 0.224. The van der Waals surface area contributed by atoms with Gasteiger partial charge in [0.2, 0.25) is 5.91 Å². The first kappa shape index (κ1) is 28.7. The molecule has 5 nitrogen and oxygen atoms in total. The first-order chi connectivity index (χ1) is 18.9. The number of rotatable bonds is 12. The molecule has 214 valence electrons. The van der Waals surface area contributed by atoms with E-state index in [1.807, 2.05) is 18.4 Å². The molecule has 5 saturated carbocycles. The van der Waals surface area contributed by atoms with E-state index in [9.17, 15) is 14.4 Å². The second-order valence-corrected chi connectivity index (χ2v) is 14.2. The van der Waals surface area contributed by atoms with Crippen LogP contribution in [0.3, 0.4) is 0 Å². The zero-order chi connectivity index (χ0) is 27.4. The summed E-state index contributed by atoms with van der Waals surface area (Å²) in [4.78, 5) is 39.5. The molecule has 0 aliphatic heterocycles. The van der Waals surface area contributed by atoms with Crippen LogP contribution in [0.2, 0.25) is 0 Å². The third-order valence-electron chi connectivity index (χ3n) is 10.3. The van der Waals surface area contributed by atoms with Crippen molar-refractivity contribution in [3.8, 4) is 0 Å². The summed E-state index contributed by atoms with van der Waals surface area (Å²) in [5, 5.41) is 3.09. The van der Waals surface area contributed by atoms with Gasteiger partial charge in [-0.15, -0.1) is 0 Å². The Hall–Kier alpha value is -1.82. The van der Waals surface area contributed by atoms with E-state index in [0.717, 1.165) is 30.9 Å². The van der Waals surface area contributed by atoms with Gasteiger partial charge in [0.1, 0.15) is 6.04 Å². The highest BCUT2D eigenvalue weighted by Gasteiger charge is 2.55. The van der Waals surface area contributed by atoms with Gasteiger partial charge < -0.3 is 10.1 Å². The Labute approximate surface area is 239 Å². The van der Waals surface area contributed by atoms with Crippen LogP contribution in [0.15, 0.2) is 24.3 Å². The first-order valence-electron chi connectivity index (χ1n) is 15.5. The molecular weight excluding hydrogens is 506 g/mol. The molecular formula is C33H47NO4S. The van der Waals surface area contributed by atoms with Gasteiger partial charge in [-0.1, -0.05) is 44.0 Å². The number of nitrogens with one attached hydrogen (secondary N) is 1. The monoisotopic (exact) mass is 553 g/mol. The summed E-state index contributed by atoms with van der Waals surface area (Å²) in [6.45, 7) is 1.98. The van der Waals surface area contributed by atoms with Crippen LogP contribution in [-0.4, -0.2) is 42.3 Å². The Bertz CT molecular complexity index is 978. The fraction of sp³-hybridized carbons (Fsp3) is 0.727. The summed E-state index contributed by atoms with van der Waals surface area (Å²) >= 11 is 1.64. The van der Waals surface area contributed by atoms with Crippen molar-refractivity contribution in [3.63, 3.8) is 0 Å². The smallest absolute Gasteiger partial charge is 0.329 e. The summed E-state index contributed by atoms with van der Waals surface area (Å²) in [7, 11) is 0. The Kier molecular flexibility index (Phi) is 9.41. The van der Waals surface area contributed by atoms with Gasteiger partial charge >= 0.3 is 5.97 Å². The third-order valence-corrected chi connectivity index (χ3v) is 11.0. The minimum absolute atomic E-state index is 0.0373. The van der Waals surface area contributed by atoms with E-state index in [1.165, 1.54) is 63.4 Å². The molecule has 5 aliphatic rings. The summed E-state index contributed by atoms with van der Waals surface area (Å²) in [6, 6.07) is 7.21. The highest BCUT2D eigenvalue weighted by Crippen LogP contribution is 2.60. The van der Waals surface area contributed by atoms with Gasteiger partial charge in [-0.2, -0.15) is 11.8 Å². The number of ether oxygens (including phenoxy) is 1. The van der Waals surface area contributed by atoms with Crippen LogP contribution in [-0.2, 0) is 14.3 Å². The largest absolute Gasteiger partial charge is 0.456 e. The molecule has 0 heterocycles. The lowest BCUT2D eigenvalue weighted by atomic mass is 9.49. The highest BCUT2D eigenvalue weighted by atomic mass is 32.2. The molecule has 1 aromatic carbocycles. The van der Waals surface area contributed by atoms with E-state index < -0.39 is 12.0 Å². The molecule has 0 aromatic heterocycles. The molecule has 5 aliphatic carbocycles. The van der Waals surface area contributed by atoms with Gasteiger partial charge in [0.15, 0.2) is 12.4 Å². The van der Waals surface area contributed by atoms with E-state index in [-0.39, 0.29) is 23.7 Å². The lowest BCUT2D eigenvalue weighted by Gasteiger charge is -2.55. The second-order valence-electron chi connectivity index (χ2n) is 13.2. The van der Waals surface area contributed by atoms with Gasteiger partial charge in [0.25, 0.3) is 0 Å². The number of amides is 1. The SMILES string of the molecule is CCCC1CCC(c2ccc(C(=O)COC(=O)[C@H](CCSC)NC(=O)C34CC5CC(CC(C5)C3)C4)cc2)CC1. The number of benzene rings is 1. The topological polar surface area (TPSA) is 72.5 Å². The Morgan fingerprint density at radius 1 is 0.974 bits per heavy atom. The highest BCUT2D eigenvalue weighted by molar-refractivity contribution is 7.98. The van der Waals surface area contributed by atoms with Gasteiger partial charge in [-0.05, 0) is 118 Å². The standard InChI is InChI=1S/C33H47NO4S/c1-3-4-22-5-7-26(8-6-22)27-9-11-28(12-10-27)30(35)21-38-31(36)29(13-14-39-2)34-32(37)33-18-23-15-24(19-33)17-25(16-23)20-33/h9-12,22-26,29H,3-8,13-21H2,1-2H3,(H,34,37)/t22?,23?,24?,25?,26?,29-,33?/m0/s1. The molecule has 5 fully saturated rings. The third kappa shape index (κ3) is 6.74. The molecule has 6 heteroatoms. The van der Waals surface area contributed by atoms with Crippen molar-refractivity contribution in [2.45, 2.75) is 102 Å². The van der Waals surface area contributed by atoms with Crippen molar-refractivity contribution >= 4 is 29.4 Å². The molecule has 6 rings (SSSR count). The average molecular weight is 554 g/mol. The molecule has 0 spiro atoms. The minimum atomic E-state index is -0.698. The van der Waals surface area contributed by atoms with Crippen molar-refractivity contribution < 1.29 is 19.1 Å². The van der Waals surface area contributed by atoms with Gasteiger partial charge in [0, 0.05) is 11.0 Å². The zero-order valence-electron chi connectivity index (χ0n) is 23.9. The number of carbonyl (C=O) groups is 3. The van der Waals surface area contributed by atoms with Crippen LogP contribution in [0.4, 0.5) is 0 Å². The van der Waals surface area contributed by atoms with Crippen molar-refractivity contribution in [1.82, 2.24) is 5.32 Å². The van der Waals surface area contributed by atoms with E-state index >= 15 is 0 Å². The molecule has 1 amide bonds. The number of ketones is 1. The van der Waals surface area contributed by atoms with Crippen LogP contribution < -0.4 is 5.32 Å². The molecule has 39 heavy (non-hydrogen) atoms. The van der Waals surface area contributed by atoms with Gasteiger partial charge in [0.05, 0.1) is 0 Å². The number of thioether (sulfide) groups is 1. The van der Waals surface area contributed by atoms with Crippen molar-refractivity contribution in [2.24, 2.45) is 29.1 Å². The summed E-state index contributed by atoms with van der Waals surface area (Å²) < 4.78 is 5.51. The summed E-state index contributed by atoms with van der Waals surface area (Å²) in [6.07, 6.45) is 16.9. The molecule has 0 unspecified atom stereocenters. The predicted octanol–water partition coefficient (Wildman–Crippen LogP) is 6.94. The Morgan fingerprint density at radius 3 is 2.15 bits per heavy atom. The average Bonchev–Trinajstić information content (AvgIpc) is 2.93. The van der Waals surface area contributed by atoms with E-state index in [4.69, 9.17) is 4.74 Å². The van der Waals surface area contributed by atoms with Crippen LogP contribution in [0, 0.1) is 29.1 Å². The molecule has 0 saturated heterocycles. The summed E-state index contributed by atoms with van der Waals surface area (Å²) in [5.41, 5.74) is 1.58. The second kappa shape index (κ2) is 12.8. The van der Waals surface area contributed by atoms with Crippen molar-refractivity contribution in [3.05, 3.63) is 35.4 Å². The van der Waals surface area contributed by atoms with Crippen LogP contribution in [0.5, 0.6) is 0 Å². The van der Waals surface area contributed by atoms with Crippen molar-refractivity contribution in [1.29, 1.82) is 0 Å². The maximum Gasteiger partial charge on any atom is 0.329 e. The number of Topliss-reactive ketones (excluding diaryl/α,β-unsaturated/α-hetero) is 1. The maximum absolute atomic E-state index is 13.6. The van der Waals surface area contributed by atoms with Crippen molar-refractivity contribution in [2.75, 3.05) is 18.6 Å². The lowest BCUT2D eigenvalue weighted by Crippen LogP contribution is -2.56. The fourth-order valence-corrected chi connectivity index (χ4v) is 9.11. The lowest BCUT2D eigenvalue weighted by molar-refractivity contribution is -0.153. The zero-order valence-corrected chi connectivity index (χ0v) is 24.7. The van der Waals surface area contributed by atoms with Gasteiger partial charge in [-0.25, -0.2) is 4.79 Å². The molecule has 1 aromatic rings. The number of hydrogen-bond donors (Lipinski definition) is 1. The van der Waals surface area contributed by atoms with E-state index in [0.29, 0.717) is 35.7 Å². The minimum Gasteiger partial charge on any atom is -0.456 e. The normalized spacial score (nSPS) is 32.0. The number of esters is 1. The van der Waals surface area contributed by atoms with Crippen LogP contribution >= 0.6 is 11.8 Å². The number of hydrogen-bond acceptors (Lipinski definition) is 5. The van der Waals surface area contributed by atoms with Gasteiger partial charge in [-0.3, -0.25) is 9.59 Å². The molecule has 4 bridgehead atoms. The van der Waals surface area contributed by atoms with E-state index in [2.05, 4.69) is 24.4 Å². The first-order valence-corrected chi connectivity index (χ1v) is 16.9. The molecule has 1 N–H and O–H groups in total. The molecule has 1 atom stereocenters. The van der Waals surface area contributed by atoms with Crippen LogP contribution in [0.25, 0.3) is 0 Å². The van der Waals surface area contributed by atoms with E-state index in [1.54, 1.807) is 11.8 Å². The Balaban J connectivity index is 1.13. The maximum atomic E-state index is 13.6. The molecule has 0 radical (unpaired) electrons. The fourth-order valence-electron chi connectivity index (χ4n) is 8.64. The summed E-state index contributed by atoms with van der Waals surface area (Å²) in [5.74, 6) is 3.55.